The van der Waals surface area contributed by atoms with Gasteiger partial charge in [-0.3, -0.25) is 28.4 Å². The number of halogens is 3. The van der Waals surface area contributed by atoms with E-state index in [4.69, 9.17) is 42.6 Å². The minimum atomic E-state index is -1.35. The molecule has 1 aliphatic rings. The van der Waals surface area contributed by atoms with Gasteiger partial charge in [0.15, 0.2) is 10.3 Å². The first kappa shape index (κ1) is 77.0. The third-order valence-corrected chi connectivity index (χ3v) is 19.6. The number of hydrogen-bond acceptors (Lipinski definition) is 16. The highest BCUT2D eigenvalue weighted by Gasteiger charge is 2.52. The van der Waals surface area contributed by atoms with Crippen LogP contribution in [0.5, 0.6) is 0 Å². The Balaban J connectivity index is 0.000000141. The molecule has 8 aromatic carbocycles. The van der Waals surface area contributed by atoms with Crippen LogP contribution in [0.4, 0.5) is 17.5 Å². The molecule has 1 saturated heterocycles. The Morgan fingerprint density at radius 2 is 0.860 bits per heavy atom. The lowest BCUT2D eigenvalue weighted by Gasteiger charge is -2.32. The average Bonchev–Trinajstić information content (AvgIpc) is 1.19. The summed E-state index contributed by atoms with van der Waals surface area (Å²) in [5, 5.41) is 68.8. The minimum absolute atomic E-state index is 0.173. The zero-order valence-corrected chi connectivity index (χ0v) is 63.9. The molecule has 5 N–H and O–H groups in total. The van der Waals surface area contributed by atoms with Gasteiger partial charge in [-0.25, -0.2) is 0 Å². The molecule has 0 saturated carbocycles. The first-order valence-corrected chi connectivity index (χ1v) is 35.4. The van der Waals surface area contributed by atoms with Crippen molar-refractivity contribution in [2.24, 2.45) is 21.1 Å². The highest BCUT2D eigenvalue weighted by atomic mass is 79.9. The molecule has 15 rings (SSSR count). The summed E-state index contributed by atoms with van der Waals surface area (Å²) in [7, 11) is 3.51. The van der Waals surface area contributed by atoms with E-state index in [0.717, 1.165) is 104 Å². The highest BCUT2D eigenvalue weighted by Crippen LogP contribution is 2.38. The Kier molecular flexibility index (Phi) is 24.1. The molecular formula is C80H76B2BrCl2N15O7. The molecule has 0 bridgehead atoms. The van der Waals surface area contributed by atoms with Crippen molar-refractivity contribution in [3.8, 4) is 33.5 Å². The van der Waals surface area contributed by atoms with Crippen molar-refractivity contribution < 1.29 is 33.7 Å². The van der Waals surface area contributed by atoms with E-state index in [-0.39, 0.29) is 17.7 Å². The fourth-order valence-electron chi connectivity index (χ4n) is 11.6. The van der Waals surface area contributed by atoms with Crippen LogP contribution < -0.4 is 26.9 Å². The van der Waals surface area contributed by atoms with Crippen molar-refractivity contribution in [1.29, 1.82) is 0 Å². The lowest BCUT2D eigenvalue weighted by molar-refractivity contribution is 0.00578. The number of carbonyl (C=O) groups is 3. The molecule has 1 fully saturated rings. The standard InChI is InChI=1S/C27H23N5O.C20H16ClN5O.C18H24BN3O3.C8H4BrClN2.C7H9BO2/c1-17-6-4-5-7-22(17)26-23-11-10-19(14-21(23)16-28-31-26)24-15-20(9-8-18(24)2)27(33)30-25-12-13-29-32(25)3;1-12-3-4-14(20(27)24-18-7-8-23-26(18)2)10-17(12)13-5-6-16-15(9-13)11-22-25-19(16)21;1-12-7-8-13(16(23)21-15-9-10-20-22(15)6)11-14(12)19-24-17(2,3)18(4,5)25-19;9-6-1-2-7-5(3-6)4-11-12-8(7)10;1-6-4-2-3-5-7(6)8(9)10/h4-16H,1-3H3,(H,30,33);3-11H,1-2H3,(H,24,27);7-11H,1-6H3,(H,21,23);1-4H;2-5,9-10H,1H3. The number of rotatable bonds is 11. The second kappa shape index (κ2) is 33.5. The van der Waals surface area contributed by atoms with Gasteiger partial charge >= 0.3 is 14.2 Å². The van der Waals surface area contributed by atoms with Gasteiger partial charge in [-0.1, -0.05) is 147 Å². The Hall–Kier alpha value is -11.2. The molecule has 0 spiro atoms. The predicted octanol–water partition coefficient (Wildman–Crippen LogP) is 14.8. The monoisotopic (exact) mass is 1530 g/mol. The van der Waals surface area contributed by atoms with Gasteiger partial charge in [0.1, 0.15) is 23.1 Å². The SMILES string of the molecule is Cc1ccc(C(=O)Nc2ccnn2C)cc1-c1ccc2c(-c3ccccc3C)nncc2c1.Cc1ccc(C(=O)Nc2ccnn2C)cc1-c1ccc2c(Cl)nncc2c1.Cc1ccc(C(=O)Nc2ccnn2C)cc1B1OC(C)(C)C(C)(C)O1.Cc1ccccc1B(O)O.Clc1nncc2cc(Br)ccc12. The molecule has 7 heterocycles. The zero-order chi connectivity index (χ0) is 76.4. The third kappa shape index (κ3) is 18.2. The molecule has 3 amide bonds. The second-order valence-electron chi connectivity index (χ2n) is 26.4. The summed E-state index contributed by atoms with van der Waals surface area (Å²) in [6.07, 6.45) is 10.1. The van der Waals surface area contributed by atoms with E-state index >= 15 is 0 Å². The first-order valence-electron chi connectivity index (χ1n) is 33.9. The van der Waals surface area contributed by atoms with Crippen LogP contribution in [0.25, 0.3) is 65.8 Å². The zero-order valence-electron chi connectivity index (χ0n) is 60.8. The molecule has 6 aromatic heterocycles. The predicted molar refractivity (Wildman–Crippen MR) is 428 cm³/mol. The summed E-state index contributed by atoms with van der Waals surface area (Å²) >= 11 is 15.3. The van der Waals surface area contributed by atoms with E-state index in [1.807, 2.05) is 165 Å². The first-order chi connectivity index (χ1) is 51.1. The van der Waals surface area contributed by atoms with E-state index in [2.05, 4.69) is 115 Å². The largest absolute Gasteiger partial charge is 0.495 e. The molecule has 107 heavy (non-hydrogen) atoms. The molecule has 0 atom stereocenters. The molecule has 22 nitrogen and oxygen atoms in total. The van der Waals surface area contributed by atoms with Gasteiger partial charge in [0.2, 0.25) is 0 Å². The number of anilines is 3. The van der Waals surface area contributed by atoms with Gasteiger partial charge in [0.05, 0.1) is 48.4 Å². The van der Waals surface area contributed by atoms with Gasteiger partial charge in [-0.05, 0) is 173 Å². The Labute approximate surface area is 638 Å². The molecule has 0 aliphatic carbocycles. The Morgan fingerprint density at radius 1 is 0.458 bits per heavy atom. The molecule has 540 valence electrons. The van der Waals surface area contributed by atoms with Gasteiger partial charge in [-0.15, -0.1) is 15.3 Å². The van der Waals surface area contributed by atoms with Crippen LogP contribution in [0, 0.1) is 34.6 Å². The van der Waals surface area contributed by atoms with E-state index in [1.54, 1.807) is 109 Å². The van der Waals surface area contributed by atoms with Crippen LogP contribution >= 0.6 is 39.1 Å². The van der Waals surface area contributed by atoms with Gasteiger partial charge < -0.3 is 35.3 Å². The van der Waals surface area contributed by atoms with Crippen molar-refractivity contribution in [2.75, 3.05) is 16.0 Å². The number of aromatic nitrogens is 12. The summed E-state index contributed by atoms with van der Waals surface area (Å²) < 4.78 is 18.1. The maximum Gasteiger partial charge on any atom is 0.495 e. The summed E-state index contributed by atoms with van der Waals surface area (Å²) in [4.78, 5) is 38.0. The quantitative estimate of drug-likeness (QED) is 0.0753. The summed E-state index contributed by atoms with van der Waals surface area (Å²) in [5.41, 5.74) is 13.5. The lowest BCUT2D eigenvalue weighted by Crippen LogP contribution is -2.41. The number of nitrogens with one attached hydrogen (secondary N) is 3. The molecule has 0 radical (unpaired) electrons. The number of nitrogens with zero attached hydrogens (tertiary/aromatic N) is 12. The summed E-state index contributed by atoms with van der Waals surface area (Å²) in [6, 6.07) is 55.5. The maximum atomic E-state index is 12.8. The normalized spacial score (nSPS) is 12.5. The van der Waals surface area contributed by atoms with Gasteiger partial charge in [0.25, 0.3) is 17.7 Å². The van der Waals surface area contributed by atoms with Crippen molar-refractivity contribution >= 4 is 132 Å². The third-order valence-electron chi connectivity index (χ3n) is 18.6. The Bertz CT molecular complexity index is 5600. The number of carbonyl (C=O) groups excluding carboxylic acids is 3. The molecule has 0 unspecified atom stereocenters. The van der Waals surface area contributed by atoms with Crippen LogP contribution in [-0.4, -0.2) is 113 Å². The molecule has 14 aromatic rings. The van der Waals surface area contributed by atoms with E-state index in [0.29, 0.717) is 49.9 Å². The van der Waals surface area contributed by atoms with Crippen LogP contribution in [0.3, 0.4) is 0 Å². The number of hydrogen-bond donors (Lipinski definition) is 5. The molecule has 1 aliphatic heterocycles. The van der Waals surface area contributed by atoms with Crippen molar-refractivity contribution in [2.45, 2.75) is 73.5 Å². The number of fused-ring (bicyclic) bond motifs is 3. The van der Waals surface area contributed by atoms with Crippen LogP contribution in [0.1, 0.15) is 86.6 Å². The molecule has 27 heteroatoms. The number of benzene rings is 8. The summed E-state index contributed by atoms with van der Waals surface area (Å²) in [6.45, 7) is 18.0. The van der Waals surface area contributed by atoms with E-state index in [1.165, 1.54) is 0 Å². The minimum Gasteiger partial charge on any atom is -0.423 e. The van der Waals surface area contributed by atoms with Crippen molar-refractivity contribution in [1.82, 2.24) is 59.9 Å². The summed E-state index contributed by atoms with van der Waals surface area (Å²) in [5.74, 6) is 1.38. The van der Waals surface area contributed by atoms with E-state index in [9.17, 15) is 14.4 Å². The number of amides is 3. The fraction of sp³-hybridized carbons (Fsp3) is 0.175. The maximum absolute atomic E-state index is 12.8. The Morgan fingerprint density at radius 3 is 1.31 bits per heavy atom. The van der Waals surface area contributed by atoms with Crippen molar-refractivity contribution in [3.63, 3.8) is 0 Å². The van der Waals surface area contributed by atoms with E-state index < -0.39 is 25.4 Å². The fourth-order valence-corrected chi connectivity index (χ4v) is 12.4. The van der Waals surface area contributed by atoms with Gasteiger partial charge in [-0.2, -0.15) is 30.6 Å². The average molecular weight is 1530 g/mol. The molecular weight excluding hydrogens is 1460 g/mol. The van der Waals surface area contributed by atoms with Crippen molar-refractivity contribution in [3.05, 3.63) is 272 Å². The van der Waals surface area contributed by atoms with Gasteiger partial charge in [0, 0.05) is 98.4 Å². The van der Waals surface area contributed by atoms with Crippen LogP contribution in [-0.2, 0) is 30.5 Å². The van der Waals surface area contributed by atoms with Crippen LogP contribution in [0.15, 0.2) is 218 Å². The smallest absolute Gasteiger partial charge is 0.423 e. The topological polar surface area (TPSA) is 277 Å². The number of aryl methyl sites for hydroxylation is 8. The second-order valence-corrected chi connectivity index (χ2v) is 28.1. The van der Waals surface area contributed by atoms with Crippen LogP contribution in [0.2, 0.25) is 10.3 Å². The lowest BCUT2D eigenvalue weighted by atomic mass is 9.75. The highest BCUT2D eigenvalue weighted by molar-refractivity contribution is 9.10.